The van der Waals surface area contributed by atoms with Crippen LogP contribution in [0.15, 0.2) is 12.1 Å². The lowest BCUT2D eigenvalue weighted by Gasteiger charge is -2.14. The van der Waals surface area contributed by atoms with Crippen LogP contribution in [0.25, 0.3) is 0 Å². The Labute approximate surface area is 114 Å². The summed E-state index contributed by atoms with van der Waals surface area (Å²) in [6, 6.07) is 1.93. The van der Waals surface area contributed by atoms with Crippen molar-refractivity contribution < 1.29 is 17.9 Å². The number of thiocarbonyl (C=S) groups is 1. The summed E-state index contributed by atoms with van der Waals surface area (Å²) < 4.78 is 44.5. The summed E-state index contributed by atoms with van der Waals surface area (Å²) >= 11 is 4.95. The predicted molar refractivity (Wildman–Crippen MR) is 69.5 cm³/mol. The third-order valence-electron chi connectivity index (χ3n) is 2.80. The molecular formula is C12H13F3N2OS. The molecule has 0 radical (unpaired) electrons. The number of nitrogens with one attached hydrogen (secondary N) is 2. The van der Waals surface area contributed by atoms with Gasteiger partial charge in [-0.1, -0.05) is 0 Å². The fourth-order valence-electron chi connectivity index (χ4n) is 1.80. The largest absolute Gasteiger partial charge is 0.376 e. The third-order valence-corrected chi connectivity index (χ3v) is 3.04. The number of halogens is 3. The molecule has 0 spiro atoms. The highest BCUT2D eigenvalue weighted by Gasteiger charge is 2.17. The van der Waals surface area contributed by atoms with E-state index in [4.69, 9.17) is 17.0 Å². The summed E-state index contributed by atoms with van der Waals surface area (Å²) in [6.45, 7) is 1.22. The van der Waals surface area contributed by atoms with E-state index in [0.717, 1.165) is 31.6 Å². The van der Waals surface area contributed by atoms with E-state index in [1.54, 1.807) is 0 Å². The molecule has 1 aliphatic rings. The van der Waals surface area contributed by atoms with Crippen LogP contribution in [0.1, 0.15) is 12.8 Å². The zero-order valence-electron chi connectivity index (χ0n) is 10.0. The standard InChI is InChI=1S/C12H13F3N2OS/c13-8-3-4-9(11(15)10(8)14)17-12(19)16-6-7-2-1-5-18-7/h3-4,7H,1-2,5-6H2,(H2,16,17,19)/t7-/m0/s1. The summed E-state index contributed by atoms with van der Waals surface area (Å²) in [5, 5.41) is 5.47. The van der Waals surface area contributed by atoms with Crippen LogP contribution in [0.3, 0.4) is 0 Å². The summed E-state index contributed by atoms with van der Waals surface area (Å²) in [7, 11) is 0. The quantitative estimate of drug-likeness (QED) is 0.662. The minimum absolute atomic E-state index is 0.0783. The van der Waals surface area contributed by atoms with Gasteiger partial charge in [0.15, 0.2) is 22.6 Å². The van der Waals surface area contributed by atoms with E-state index in [-0.39, 0.29) is 16.9 Å². The summed E-state index contributed by atoms with van der Waals surface area (Å²) in [5.41, 5.74) is -0.205. The highest BCUT2D eigenvalue weighted by atomic mass is 32.1. The first-order valence-electron chi connectivity index (χ1n) is 5.88. The third kappa shape index (κ3) is 3.57. The Morgan fingerprint density at radius 2 is 2.11 bits per heavy atom. The lowest BCUT2D eigenvalue weighted by Crippen LogP contribution is -2.35. The molecule has 1 atom stereocenters. The van der Waals surface area contributed by atoms with Crippen LogP contribution in [0.5, 0.6) is 0 Å². The van der Waals surface area contributed by atoms with Gasteiger partial charge in [-0.2, -0.15) is 0 Å². The van der Waals surface area contributed by atoms with E-state index in [1.807, 2.05) is 0 Å². The van der Waals surface area contributed by atoms with Crippen LogP contribution in [-0.4, -0.2) is 24.4 Å². The van der Waals surface area contributed by atoms with Crippen LogP contribution < -0.4 is 10.6 Å². The molecule has 1 aromatic carbocycles. The maximum Gasteiger partial charge on any atom is 0.196 e. The number of benzene rings is 1. The predicted octanol–water partition coefficient (Wildman–Crippen LogP) is 2.57. The van der Waals surface area contributed by atoms with E-state index < -0.39 is 17.5 Å². The Kier molecular flexibility index (Phi) is 4.60. The molecule has 0 amide bonds. The Bertz CT molecular complexity index is 478. The van der Waals surface area contributed by atoms with E-state index in [0.29, 0.717) is 6.54 Å². The molecule has 0 aliphatic carbocycles. The fourth-order valence-corrected chi connectivity index (χ4v) is 1.99. The van der Waals surface area contributed by atoms with Crippen molar-refractivity contribution in [3.63, 3.8) is 0 Å². The molecular weight excluding hydrogens is 277 g/mol. The summed E-state index contributed by atoms with van der Waals surface area (Å²) in [5.74, 6) is -4.05. The molecule has 0 bridgehead atoms. The van der Waals surface area contributed by atoms with Gasteiger partial charge in [0, 0.05) is 13.2 Å². The van der Waals surface area contributed by atoms with Gasteiger partial charge in [-0.15, -0.1) is 0 Å². The smallest absolute Gasteiger partial charge is 0.196 e. The van der Waals surface area contributed by atoms with Crippen molar-refractivity contribution in [2.45, 2.75) is 18.9 Å². The Morgan fingerprint density at radius 3 is 2.79 bits per heavy atom. The normalized spacial score (nSPS) is 18.4. The molecule has 7 heteroatoms. The first-order chi connectivity index (χ1) is 9.08. The monoisotopic (exact) mass is 290 g/mol. The average molecular weight is 290 g/mol. The SMILES string of the molecule is Fc1ccc(NC(=S)NC[C@@H]2CCCO2)c(F)c1F. The van der Waals surface area contributed by atoms with E-state index in [2.05, 4.69) is 10.6 Å². The van der Waals surface area contributed by atoms with Crippen molar-refractivity contribution in [2.75, 3.05) is 18.5 Å². The summed E-state index contributed by atoms with van der Waals surface area (Å²) in [4.78, 5) is 0. The van der Waals surface area contributed by atoms with Crippen molar-refractivity contribution in [2.24, 2.45) is 0 Å². The van der Waals surface area contributed by atoms with Crippen LogP contribution >= 0.6 is 12.2 Å². The maximum absolute atomic E-state index is 13.4. The highest BCUT2D eigenvalue weighted by molar-refractivity contribution is 7.80. The zero-order chi connectivity index (χ0) is 13.8. The van der Waals surface area contributed by atoms with Gasteiger partial charge < -0.3 is 15.4 Å². The van der Waals surface area contributed by atoms with Crippen LogP contribution in [0.4, 0.5) is 18.9 Å². The number of hydrogen-bond donors (Lipinski definition) is 2. The van der Waals surface area contributed by atoms with Crippen molar-refractivity contribution in [1.29, 1.82) is 0 Å². The first kappa shape index (κ1) is 14.1. The van der Waals surface area contributed by atoms with E-state index in [1.165, 1.54) is 0 Å². The lowest BCUT2D eigenvalue weighted by molar-refractivity contribution is 0.114. The van der Waals surface area contributed by atoms with Gasteiger partial charge in [0.25, 0.3) is 0 Å². The summed E-state index contributed by atoms with van der Waals surface area (Å²) in [6.07, 6.45) is 2.02. The van der Waals surface area contributed by atoms with Gasteiger partial charge >= 0.3 is 0 Å². The van der Waals surface area contributed by atoms with Crippen molar-refractivity contribution in [1.82, 2.24) is 5.32 Å². The van der Waals surface area contributed by atoms with Gasteiger partial charge in [-0.05, 0) is 37.2 Å². The highest BCUT2D eigenvalue weighted by Crippen LogP contribution is 2.19. The van der Waals surface area contributed by atoms with Crippen LogP contribution in [0, 0.1) is 17.5 Å². The maximum atomic E-state index is 13.4. The molecule has 0 saturated carbocycles. The van der Waals surface area contributed by atoms with Crippen molar-refractivity contribution in [3.05, 3.63) is 29.6 Å². The second-order valence-electron chi connectivity index (χ2n) is 4.19. The molecule has 2 rings (SSSR count). The van der Waals surface area contributed by atoms with Gasteiger partial charge in [0.2, 0.25) is 0 Å². The molecule has 1 aliphatic heterocycles. The molecule has 1 saturated heterocycles. The molecule has 104 valence electrons. The Balaban J connectivity index is 1.89. The van der Waals surface area contributed by atoms with Crippen molar-refractivity contribution in [3.8, 4) is 0 Å². The van der Waals surface area contributed by atoms with Crippen molar-refractivity contribution >= 4 is 23.0 Å². The number of anilines is 1. The zero-order valence-corrected chi connectivity index (χ0v) is 10.8. The van der Waals surface area contributed by atoms with E-state index >= 15 is 0 Å². The molecule has 0 unspecified atom stereocenters. The molecule has 19 heavy (non-hydrogen) atoms. The second-order valence-corrected chi connectivity index (χ2v) is 4.60. The second kappa shape index (κ2) is 6.21. The average Bonchev–Trinajstić information content (AvgIpc) is 2.90. The molecule has 1 heterocycles. The van der Waals surface area contributed by atoms with Crippen LogP contribution in [0.2, 0.25) is 0 Å². The molecule has 0 aromatic heterocycles. The number of hydrogen-bond acceptors (Lipinski definition) is 2. The molecule has 1 fully saturated rings. The van der Waals surface area contributed by atoms with Gasteiger partial charge in [0.05, 0.1) is 11.8 Å². The van der Waals surface area contributed by atoms with E-state index in [9.17, 15) is 13.2 Å². The lowest BCUT2D eigenvalue weighted by atomic mass is 10.2. The number of rotatable bonds is 3. The Hall–Kier alpha value is -1.34. The Morgan fingerprint density at radius 1 is 1.32 bits per heavy atom. The van der Waals surface area contributed by atoms with Crippen LogP contribution in [-0.2, 0) is 4.74 Å². The van der Waals surface area contributed by atoms with Gasteiger partial charge in [-0.25, -0.2) is 13.2 Å². The molecule has 2 N–H and O–H groups in total. The first-order valence-corrected chi connectivity index (χ1v) is 6.28. The fraction of sp³-hybridized carbons (Fsp3) is 0.417. The minimum atomic E-state index is -1.52. The number of ether oxygens (including phenoxy) is 1. The van der Waals surface area contributed by atoms with Gasteiger partial charge in [-0.3, -0.25) is 0 Å². The topological polar surface area (TPSA) is 33.3 Å². The minimum Gasteiger partial charge on any atom is -0.376 e. The van der Waals surface area contributed by atoms with Gasteiger partial charge in [0.1, 0.15) is 0 Å². The molecule has 1 aromatic rings. The molecule has 3 nitrogen and oxygen atoms in total.